The third-order valence-electron chi connectivity index (χ3n) is 4.21. The van der Waals surface area contributed by atoms with Crippen LogP contribution in [-0.2, 0) is 19.6 Å². The molecular formula is C20H22Cl2N4O2S. The second kappa shape index (κ2) is 10.0. The van der Waals surface area contributed by atoms with Gasteiger partial charge < -0.3 is 14.9 Å². The van der Waals surface area contributed by atoms with Crippen LogP contribution >= 0.6 is 35.4 Å². The molecule has 0 saturated carbocycles. The van der Waals surface area contributed by atoms with E-state index in [9.17, 15) is 0 Å². The summed E-state index contributed by atoms with van der Waals surface area (Å²) in [5, 5.41) is 8.23. The molecule has 0 saturated heterocycles. The van der Waals surface area contributed by atoms with Crippen molar-refractivity contribution < 1.29 is 9.47 Å². The highest BCUT2D eigenvalue weighted by Gasteiger charge is 2.13. The van der Waals surface area contributed by atoms with Gasteiger partial charge in [-0.05, 0) is 48.5 Å². The Bertz CT molecular complexity index is 1020. The van der Waals surface area contributed by atoms with Crippen LogP contribution in [0.25, 0.3) is 0 Å². The molecule has 9 heteroatoms. The third kappa shape index (κ3) is 5.44. The van der Waals surface area contributed by atoms with Gasteiger partial charge in [-0.1, -0.05) is 42.3 Å². The van der Waals surface area contributed by atoms with Crippen molar-refractivity contribution in [1.29, 1.82) is 0 Å². The highest BCUT2D eigenvalue weighted by Crippen LogP contribution is 2.34. The number of hydrogen-bond donors (Lipinski definition) is 2. The van der Waals surface area contributed by atoms with Crippen LogP contribution in [0.2, 0.25) is 10.0 Å². The number of halogens is 2. The molecule has 0 bridgehead atoms. The van der Waals surface area contributed by atoms with Crippen molar-refractivity contribution >= 4 is 35.4 Å². The zero-order valence-corrected chi connectivity index (χ0v) is 18.5. The van der Waals surface area contributed by atoms with Crippen LogP contribution in [0.5, 0.6) is 11.5 Å². The van der Waals surface area contributed by atoms with Crippen molar-refractivity contribution in [2.24, 2.45) is 0 Å². The molecule has 6 nitrogen and oxygen atoms in total. The van der Waals surface area contributed by atoms with Gasteiger partial charge in [0, 0.05) is 22.5 Å². The molecule has 0 aliphatic heterocycles. The Kier molecular flexibility index (Phi) is 7.41. The van der Waals surface area contributed by atoms with Gasteiger partial charge in [-0.2, -0.15) is 5.10 Å². The summed E-state index contributed by atoms with van der Waals surface area (Å²) in [6.07, 6.45) is 0.746. The molecule has 2 N–H and O–H groups in total. The number of aryl methyl sites for hydroxylation is 1. The Morgan fingerprint density at radius 2 is 1.83 bits per heavy atom. The maximum absolute atomic E-state index is 6.51. The highest BCUT2D eigenvalue weighted by molar-refractivity contribution is 7.71. The molecule has 3 aromatic rings. The zero-order chi connectivity index (χ0) is 20.8. The largest absolute Gasteiger partial charge is 0.490 e. The Hall–Kier alpha value is -2.22. The van der Waals surface area contributed by atoms with Crippen LogP contribution in [0.15, 0.2) is 36.4 Å². The lowest BCUT2D eigenvalue weighted by molar-refractivity contribution is 0.269. The lowest BCUT2D eigenvalue weighted by Gasteiger charge is -2.16. The van der Waals surface area contributed by atoms with E-state index in [4.69, 9.17) is 44.9 Å². The number of hydrogen-bond acceptors (Lipinski definition) is 5. The average Bonchev–Trinajstić information content (AvgIpc) is 3.07. The van der Waals surface area contributed by atoms with Gasteiger partial charge in [0.05, 0.1) is 13.2 Å². The van der Waals surface area contributed by atoms with E-state index in [1.165, 1.54) is 0 Å². The van der Waals surface area contributed by atoms with Gasteiger partial charge in [-0.25, -0.2) is 4.68 Å². The van der Waals surface area contributed by atoms with Gasteiger partial charge in [-0.3, -0.25) is 5.10 Å². The summed E-state index contributed by atoms with van der Waals surface area (Å²) >= 11 is 17.7. The van der Waals surface area contributed by atoms with Gasteiger partial charge >= 0.3 is 0 Å². The minimum absolute atomic E-state index is 0.384. The molecule has 0 fully saturated rings. The minimum atomic E-state index is 0.384. The van der Waals surface area contributed by atoms with Crippen LogP contribution in [-0.4, -0.2) is 21.5 Å². The second-order valence-corrected chi connectivity index (χ2v) is 7.44. The normalized spacial score (nSPS) is 10.8. The lowest BCUT2D eigenvalue weighted by atomic mass is 10.2. The first-order chi connectivity index (χ1) is 14.0. The summed E-state index contributed by atoms with van der Waals surface area (Å²) < 4.78 is 14.0. The first-order valence-electron chi connectivity index (χ1n) is 9.24. The van der Waals surface area contributed by atoms with Gasteiger partial charge in [-0.15, -0.1) is 0 Å². The van der Waals surface area contributed by atoms with E-state index < -0.39 is 0 Å². The van der Waals surface area contributed by atoms with Crippen molar-refractivity contribution in [3.8, 4) is 11.5 Å². The summed E-state index contributed by atoms with van der Waals surface area (Å²) in [5.41, 5.74) is 5.11. The van der Waals surface area contributed by atoms with Crippen molar-refractivity contribution in [3.05, 3.63) is 68.2 Å². The van der Waals surface area contributed by atoms with Crippen molar-refractivity contribution in [3.63, 3.8) is 0 Å². The van der Waals surface area contributed by atoms with Crippen LogP contribution in [0.1, 0.15) is 30.8 Å². The molecule has 0 spiro atoms. The molecule has 0 aliphatic carbocycles. The van der Waals surface area contributed by atoms with E-state index in [2.05, 4.69) is 15.6 Å². The molecule has 2 aromatic carbocycles. The third-order valence-corrected chi connectivity index (χ3v) is 5.08. The fraction of sp³-hybridized carbons (Fsp3) is 0.300. The topological polar surface area (TPSA) is 64.1 Å². The fourth-order valence-corrected chi connectivity index (χ4v) is 3.29. The van der Waals surface area contributed by atoms with E-state index >= 15 is 0 Å². The Balaban J connectivity index is 1.77. The molecule has 0 aliphatic rings. The van der Waals surface area contributed by atoms with Crippen LogP contribution in [0.4, 0.5) is 0 Å². The first kappa shape index (κ1) is 21.5. The van der Waals surface area contributed by atoms with Crippen molar-refractivity contribution in [1.82, 2.24) is 14.9 Å². The van der Waals surface area contributed by atoms with Gasteiger partial charge in [0.1, 0.15) is 6.61 Å². The maximum Gasteiger partial charge on any atom is 0.214 e. The standard InChI is InChI=1S/C20H22Cl2N4O2S/c1-3-19-24-25-20(29)26(19)23-11-14-9-17(27-4-2)18(10-16(14)22)28-12-13-5-7-15(21)8-6-13/h5-10,23H,3-4,11-12H2,1-2H3,(H,25,29). The minimum Gasteiger partial charge on any atom is -0.490 e. The molecule has 1 heterocycles. The summed E-state index contributed by atoms with van der Waals surface area (Å²) in [5.74, 6) is 2.04. The number of rotatable bonds is 9. The molecule has 1 aromatic heterocycles. The SMILES string of the molecule is CCOc1cc(CNn2c(CC)n[nH]c2=S)c(Cl)cc1OCc1ccc(Cl)cc1. The van der Waals surface area contributed by atoms with Gasteiger partial charge in [0.15, 0.2) is 17.3 Å². The van der Waals surface area contributed by atoms with Crippen molar-refractivity contribution in [2.45, 2.75) is 33.4 Å². The predicted molar refractivity (Wildman–Crippen MR) is 118 cm³/mol. The summed E-state index contributed by atoms with van der Waals surface area (Å²) in [6, 6.07) is 11.2. The Labute approximate surface area is 184 Å². The fourth-order valence-electron chi connectivity index (χ4n) is 2.73. The Morgan fingerprint density at radius 1 is 1.10 bits per heavy atom. The molecule has 3 rings (SSSR count). The van der Waals surface area contributed by atoms with Gasteiger partial charge in [0.25, 0.3) is 0 Å². The highest BCUT2D eigenvalue weighted by atomic mass is 35.5. The monoisotopic (exact) mass is 452 g/mol. The molecule has 0 atom stereocenters. The van der Waals surface area contributed by atoms with E-state index in [0.717, 1.165) is 23.4 Å². The van der Waals surface area contributed by atoms with Crippen molar-refractivity contribution in [2.75, 3.05) is 12.0 Å². The summed E-state index contributed by atoms with van der Waals surface area (Å²) in [6.45, 7) is 5.29. The molecule has 0 amide bonds. The molecular weight excluding hydrogens is 431 g/mol. The molecule has 0 radical (unpaired) electrons. The van der Waals surface area contributed by atoms with Crippen LogP contribution in [0, 0.1) is 4.77 Å². The smallest absolute Gasteiger partial charge is 0.214 e. The zero-order valence-electron chi connectivity index (χ0n) is 16.2. The van der Waals surface area contributed by atoms with Gasteiger partial charge in [0.2, 0.25) is 4.77 Å². The Morgan fingerprint density at radius 3 is 2.52 bits per heavy atom. The summed E-state index contributed by atoms with van der Waals surface area (Å²) in [7, 11) is 0. The lowest BCUT2D eigenvalue weighted by Crippen LogP contribution is -2.17. The molecule has 29 heavy (non-hydrogen) atoms. The van der Waals surface area contributed by atoms with E-state index in [1.54, 1.807) is 10.7 Å². The van der Waals surface area contributed by atoms with E-state index in [-0.39, 0.29) is 0 Å². The van der Waals surface area contributed by atoms with Crippen LogP contribution in [0.3, 0.4) is 0 Å². The van der Waals surface area contributed by atoms with E-state index in [0.29, 0.717) is 46.1 Å². The maximum atomic E-state index is 6.51. The first-order valence-corrected chi connectivity index (χ1v) is 10.4. The number of aromatic amines is 1. The number of benzene rings is 2. The second-order valence-electron chi connectivity index (χ2n) is 6.21. The van der Waals surface area contributed by atoms with Crippen LogP contribution < -0.4 is 14.9 Å². The molecule has 0 unspecified atom stereocenters. The number of aromatic nitrogens is 3. The predicted octanol–water partition coefficient (Wildman–Crippen LogP) is 5.53. The quantitative estimate of drug-likeness (QED) is 0.417. The summed E-state index contributed by atoms with van der Waals surface area (Å²) in [4.78, 5) is 0. The molecule has 154 valence electrons. The average molecular weight is 453 g/mol. The number of H-pyrrole nitrogens is 1. The van der Waals surface area contributed by atoms with E-state index in [1.807, 2.05) is 44.2 Å². The number of nitrogens with one attached hydrogen (secondary N) is 2. The number of nitrogens with zero attached hydrogens (tertiary/aromatic N) is 2. The number of ether oxygens (including phenoxy) is 2.